The van der Waals surface area contributed by atoms with Crippen LogP contribution in [0.3, 0.4) is 0 Å². The van der Waals surface area contributed by atoms with Crippen LogP contribution in [0.1, 0.15) is 41.4 Å². The molecule has 8 heteroatoms. The second-order valence-corrected chi connectivity index (χ2v) is 9.44. The number of hydrogen-bond acceptors (Lipinski definition) is 3. The minimum Gasteiger partial charge on any atom is -0.341 e. The summed E-state index contributed by atoms with van der Waals surface area (Å²) in [6, 6.07) is 18.3. The predicted molar refractivity (Wildman–Crippen MR) is 119 cm³/mol. The monoisotopic (exact) mass is 460 g/mol. The Bertz CT molecular complexity index is 1170. The van der Waals surface area contributed by atoms with Crippen molar-refractivity contribution in [3.05, 3.63) is 100 Å². The van der Waals surface area contributed by atoms with Crippen molar-refractivity contribution < 1.29 is 17.6 Å². The van der Waals surface area contributed by atoms with Gasteiger partial charge in [0.05, 0.1) is 16.5 Å². The maximum absolute atomic E-state index is 14.5. The smallest absolute Gasteiger partial charge is 0.255 e. The summed E-state index contributed by atoms with van der Waals surface area (Å²) in [5.41, 5.74) is 1.17. The standard InChI is InChI=1S/C23H22ClFN2O3S/c1-15(2)27-31(29,30)19-12-13-21(25)20(14-19)23(28)26-22(16-6-4-3-5-7-16)17-8-10-18(24)11-9-17/h3-15,22,27H,1-2H3,(H,26,28). The van der Waals surface area contributed by atoms with Crippen molar-refractivity contribution in [3.8, 4) is 0 Å². The zero-order valence-corrected chi connectivity index (χ0v) is 18.5. The van der Waals surface area contributed by atoms with Crippen LogP contribution in [0.25, 0.3) is 0 Å². The summed E-state index contributed by atoms with van der Waals surface area (Å²) in [7, 11) is -3.88. The molecule has 0 heterocycles. The molecular weight excluding hydrogens is 439 g/mol. The van der Waals surface area contributed by atoms with E-state index in [0.717, 1.165) is 29.3 Å². The molecule has 5 nitrogen and oxygen atoms in total. The average Bonchev–Trinajstić information content (AvgIpc) is 2.72. The second kappa shape index (κ2) is 9.60. The van der Waals surface area contributed by atoms with E-state index in [9.17, 15) is 17.6 Å². The minimum absolute atomic E-state index is 0.185. The average molecular weight is 461 g/mol. The summed E-state index contributed by atoms with van der Waals surface area (Å²) in [6.07, 6.45) is 0. The van der Waals surface area contributed by atoms with Gasteiger partial charge in [-0.15, -0.1) is 0 Å². The molecule has 0 aliphatic rings. The lowest BCUT2D eigenvalue weighted by atomic mass is 9.98. The Labute approximate surface area is 186 Å². The van der Waals surface area contributed by atoms with E-state index in [1.54, 1.807) is 38.1 Å². The van der Waals surface area contributed by atoms with Crippen molar-refractivity contribution in [2.45, 2.75) is 30.8 Å². The molecule has 0 aromatic heterocycles. The first-order valence-electron chi connectivity index (χ1n) is 9.60. The van der Waals surface area contributed by atoms with Crippen molar-refractivity contribution in [2.24, 2.45) is 0 Å². The third-order valence-electron chi connectivity index (χ3n) is 4.50. The Balaban J connectivity index is 1.97. The van der Waals surface area contributed by atoms with Gasteiger partial charge in [0.1, 0.15) is 5.82 Å². The SMILES string of the molecule is CC(C)NS(=O)(=O)c1ccc(F)c(C(=O)NC(c2ccccc2)c2ccc(Cl)cc2)c1. The Morgan fingerprint density at radius 2 is 1.55 bits per heavy atom. The fourth-order valence-electron chi connectivity index (χ4n) is 3.09. The topological polar surface area (TPSA) is 75.3 Å². The highest BCUT2D eigenvalue weighted by Gasteiger charge is 2.23. The van der Waals surface area contributed by atoms with E-state index in [2.05, 4.69) is 10.0 Å². The van der Waals surface area contributed by atoms with Gasteiger partial charge >= 0.3 is 0 Å². The highest BCUT2D eigenvalue weighted by atomic mass is 35.5. The summed E-state index contributed by atoms with van der Waals surface area (Å²) in [5.74, 6) is -1.55. The Hall–Kier alpha value is -2.74. The van der Waals surface area contributed by atoms with Crippen LogP contribution in [0, 0.1) is 5.82 Å². The Morgan fingerprint density at radius 3 is 2.16 bits per heavy atom. The molecular formula is C23H22ClFN2O3S. The van der Waals surface area contributed by atoms with Gasteiger partial charge in [-0.1, -0.05) is 54.1 Å². The lowest BCUT2D eigenvalue weighted by Crippen LogP contribution is -2.32. The van der Waals surface area contributed by atoms with Crippen molar-refractivity contribution in [1.29, 1.82) is 0 Å². The molecule has 1 amide bonds. The lowest BCUT2D eigenvalue weighted by molar-refractivity contribution is 0.0938. The molecule has 0 aliphatic carbocycles. The number of rotatable bonds is 7. The van der Waals surface area contributed by atoms with Gasteiger partial charge in [0.25, 0.3) is 5.91 Å². The normalized spacial score (nSPS) is 12.5. The minimum atomic E-state index is -3.88. The number of sulfonamides is 1. The zero-order valence-electron chi connectivity index (χ0n) is 17.0. The van der Waals surface area contributed by atoms with E-state index in [-0.39, 0.29) is 16.5 Å². The fraction of sp³-hybridized carbons (Fsp3) is 0.174. The fourth-order valence-corrected chi connectivity index (χ4v) is 4.50. The lowest BCUT2D eigenvalue weighted by Gasteiger charge is -2.20. The van der Waals surface area contributed by atoms with Gasteiger partial charge in [-0.3, -0.25) is 4.79 Å². The number of carbonyl (C=O) groups excluding carboxylic acids is 1. The van der Waals surface area contributed by atoms with Crippen LogP contribution in [-0.2, 0) is 10.0 Å². The van der Waals surface area contributed by atoms with E-state index >= 15 is 0 Å². The van der Waals surface area contributed by atoms with Crippen LogP contribution in [0.4, 0.5) is 4.39 Å². The number of nitrogens with one attached hydrogen (secondary N) is 2. The number of amides is 1. The third kappa shape index (κ3) is 5.70. The van der Waals surface area contributed by atoms with Crippen molar-refractivity contribution in [3.63, 3.8) is 0 Å². The third-order valence-corrected chi connectivity index (χ3v) is 6.40. The molecule has 162 valence electrons. The molecule has 0 saturated carbocycles. The van der Waals surface area contributed by atoms with Gasteiger partial charge in [0.15, 0.2) is 0 Å². The van der Waals surface area contributed by atoms with Crippen LogP contribution in [-0.4, -0.2) is 20.4 Å². The molecule has 3 rings (SSSR count). The molecule has 0 saturated heterocycles. The number of carbonyl (C=O) groups is 1. The van der Waals surface area contributed by atoms with Crippen molar-refractivity contribution >= 4 is 27.5 Å². The van der Waals surface area contributed by atoms with Gasteiger partial charge in [-0.05, 0) is 55.3 Å². The molecule has 0 spiro atoms. The highest BCUT2D eigenvalue weighted by molar-refractivity contribution is 7.89. The number of hydrogen-bond donors (Lipinski definition) is 2. The van der Waals surface area contributed by atoms with Gasteiger partial charge in [-0.2, -0.15) is 0 Å². The van der Waals surface area contributed by atoms with E-state index in [1.165, 1.54) is 0 Å². The van der Waals surface area contributed by atoms with Gasteiger partial charge in [-0.25, -0.2) is 17.5 Å². The summed E-state index contributed by atoms with van der Waals surface area (Å²) < 4.78 is 41.8. The maximum Gasteiger partial charge on any atom is 0.255 e. The summed E-state index contributed by atoms with van der Waals surface area (Å²) >= 11 is 5.98. The van der Waals surface area contributed by atoms with E-state index in [0.29, 0.717) is 5.02 Å². The molecule has 31 heavy (non-hydrogen) atoms. The van der Waals surface area contributed by atoms with Crippen LogP contribution in [0.5, 0.6) is 0 Å². The number of benzene rings is 3. The largest absolute Gasteiger partial charge is 0.341 e. The quantitative estimate of drug-likeness (QED) is 0.537. The van der Waals surface area contributed by atoms with Crippen LogP contribution >= 0.6 is 11.6 Å². The van der Waals surface area contributed by atoms with Crippen molar-refractivity contribution in [2.75, 3.05) is 0 Å². The summed E-state index contributed by atoms with van der Waals surface area (Å²) in [4.78, 5) is 12.8. The molecule has 3 aromatic carbocycles. The van der Waals surface area contributed by atoms with Crippen LogP contribution in [0.2, 0.25) is 5.02 Å². The van der Waals surface area contributed by atoms with Crippen molar-refractivity contribution in [1.82, 2.24) is 10.0 Å². The zero-order chi connectivity index (χ0) is 22.6. The van der Waals surface area contributed by atoms with E-state index in [1.807, 2.05) is 30.3 Å². The number of halogens is 2. The Kier molecular flexibility index (Phi) is 7.10. The first kappa shape index (κ1) is 22.9. The summed E-state index contributed by atoms with van der Waals surface area (Å²) in [6.45, 7) is 3.34. The van der Waals surface area contributed by atoms with E-state index in [4.69, 9.17) is 11.6 Å². The predicted octanol–water partition coefficient (Wildman–Crippen LogP) is 4.69. The molecule has 1 atom stereocenters. The van der Waals surface area contributed by atoms with Gasteiger partial charge < -0.3 is 5.32 Å². The highest BCUT2D eigenvalue weighted by Crippen LogP contribution is 2.25. The summed E-state index contributed by atoms with van der Waals surface area (Å²) in [5, 5.41) is 3.35. The van der Waals surface area contributed by atoms with Crippen LogP contribution in [0.15, 0.2) is 77.7 Å². The molecule has 0 bridgehead atoms. The van der Waals surface area contributed by atoms with Crippen LogP contribution < -0.4 is 10.0 Å². The molecule has 0 fully saturated rings. The van der Waals surface area contributed by atoms with Gasteiger partial charge in [0.2, 0.25) is 10.0 Å². The Morgan fingerprint density at radius 1 is 0.935 bits per heavy atom. The molecule has 0 aliphatic heterocycles. The molecule has 0 radical (unpaired) electrons. The van der Waals surface area contributed by atoms with E-state index < -0.39 is 27.8 Å². The molecule has 2 N–H and O–H groups in total. The maximum atomic E-state index is 14.5. The van der Waals surface area contributed by atoms with Gasteiger partial charge in [0, 0.05) is 11.1 Å². The first-order chi connectivity index (χ1) is 14.7. The molecule has 3 aromatic rings. The first-order valence-corrected chi connectivity index (χ1v) is 11.5. The second-order valence-electron chi connectivity index (χ2n) is 7.29. The molecule has 1 unspecified atom stereocenters.